The minimum atomic E-state index is -3.47. The lowest BCUT2D eigenvalue weighted by molar-refractivity contribution is 0.248. The summed E-state index contributed by atoms with van der Waals surface area (Å²) in [5, 5.41) is 9.08. The third-order valence-electron chi connectivity index (χ3n) is 3.41. The molecule has 2 rings (SSSR count). The number of thiophene rings is 1. The Labute approximate surface area is 118 Å². The summed E-state index contributed by atoms with van der Waals surface area (Å²) in [7, 11) is -1.42. The zero-order valence-electron chi connectivity index (χ0n) is 11.2. The molecule has 2 heterocycles. The second-order valence-corrected chi connectivity index (χ2v) is 8.01. The summed E-state index contributed by atoms with van der Waals surface area (Å²) in [4.78, 5) is 3.91. The van der Waals surface area contributed by atoms with E-state index in [0.29, 0.717) is 9.77 Å². The maximum atomic E-state index is 12.3. The van der Waals surface area contributed by atoms with Gasteiger partial charge in [-0.3, -0.25) is 0 Å². The highest BCUT2D eigenvalue weighted by atomic mass is 32.2. The molecule has 0 amide bonds. The van der Waals surface area contributed by atoms with Gasteiger partial charge in [0, 0.05) is 15.8 Å². The van der Waals surface area contributed by atoms with Crippen molar-refractivity contribution in [1.82, 2.24) is 9.62 Å². The third-order valence-corrected chi connectivity index (χ3v) is 6.22. The van der Waals surface area contributed by atoms with E-state index in [2.05, 4.69) is 9.62 Å². The van der Waals surface area contributed by atoms with Crippen LogP contribution in [0.2, 0.25) is 0 Å². The highest BCUT2D eigenvalue weighted by Gasteiger charge is 2.25. The topological polar surface area (TPSA) is 69.6 Å². The van der Waals surface area contributed by atoms with E-state index in [1.54, 1.807) is 13.0 Å². The van der Waals surface area contributed by atoms with Crippen molar-refractivity contribution in [2.24, 2.45) is 0 Å². The van der Waals surface area contributed by atoms with Crippen LogP contribution >= 0.6 is 11.3 Å². The molecule has 1 saturated heterocycles. The molecule has 0 bridgehead atoms. The number of nitrogens with zero attached hydrogens (tertiary/aromatic N) is 1. The van der Waals surface area contributed by atoms with Crippen LogP contribution in [0.3, 0.4) is 0 Å². The molecule has 0 spiro atoms. The van der Waals surface area contributed by atoms with Crippen LogP contribution in [0.5, 0.6) is 0 Å². The number of likely N-dealkylation sites (tertiary alicyclic amines) is 1. The second kappa shape index (κ2) is 5.88. The number of hydrogen-bond donors (Lipinski definition) is 2. The standard InChI is InChI=1S/C12H20N2O3S2/c1-9-12(7-11(8-15)18-9)19(16,17)13-10-3-5-14(2)6-4-10/h7,10,13,15H,3-6,8H2,1-2H3. The first-order valence-corrected chi connectivity index (χ1v) is 8.63. The molecule has 0 aromatic carbocycles. The molecule has 7 heteroatoms. The molecule has 0 aliphatic carbocycles. The molecule has 1 aliphatic rings. The van der Waals surface area contributed by atoms with E-state index in [1.807, 2.05) is 7.05 Å². The van der Waals surface area contributed by atoms with E-state index >= 15 is 0 Å². The Bertz CT molecular complexity index is 531. The van der Waals surface area contributed by atoms with Crippen LogP contribution < -0.4 is 4.72 Å². The summed E-state index contributed by atoms with van der Waals surface area (Å²) in [6.07, 6.45) is 1.68. The molecule has 0 atom stereocenters. The Hall–Kier alpha value is -0.470. The van der Waals surface area contributed by atoms with Crippen LogP contribution in [-0.2, 0) is 16.6 Å². The van der Waals surface area contributed by atoms with Crippen molar-refractivity contribution in [2.75, 3.05) is 20.1 Å². The average molecular weight is 304 g/mol. The van der Waals surface area contributed by atoms with Crippen molar-refractivity contribution in [2.45, 2.75) is 37.3 Å². The number of sulfonamides is 1. The largest absolute Gasteiger partial charge is 0.391 e. The molecular formula is C12H20N2O3S2. The van der Waals surface area contributed by atoms with E-state index < -0.39 is 10.0 Å². The number of nitrogens with one attached hydrogen (secondary N) is 1. The van der Waals surface area contributed by atoms with E-state index in [4.69, 9.17) is 5.11 Å². The minimum Gasteiger partial charge on any atom is -0.391 e. The fraction of sp³-hybridized carbons (Fsp3) is 0.667. The summed E-state index contributed by atoms with van der Waals surface area (Å²) in [5.74, 6) is 0. The molecule has 5 nitrogen and oxygen atoms in total. The molecule has 2 N–H and O–H groups in total. The van der Waals surface area contributed by atoms with Gasteiger partial charge in [0.25, 0.3) is 0 Å². The van der Waals surface area contributed by atoms with Gasteiger partial charge in [0.05, 0.1) is 11.5 Å². The van der Waals surface area contributed by atoms with Gasteiger partial charge < -0.3 is 10.0 Å². The fourth-order valence-electron chi connectivity index (χ4n) is 2.28. The Morgan fingerprint density at radius 1 is 1.47 bits per heavy atom. The van der Waals surface area contributed by atoms with Crippen molar-refractivity contribution in [1.29, 1.82) is 0 Å². The zero-order valence-corrected chi connectivity index (χ0v) is 12.9. The summed E-state index contributed by atoms with van der Waals surface area (Å²) in [6, 6.07) is 1.58. The normalized spacial score (nSPS) is 18.9. The SMILES string of the molecule is Cc1sc(CO)cc1S(=O)(=O)NC1CCN(C)CC1. The smallest absolute Gasteiger partial charge is 0.241 e. The number of aliphatic hydroxyl groups excluding tert-OH is 1. The molecule has 1 aromatic rings. The van der Waals surface area contributed by atoms with Gasteiger partial charge in [-0.1, -0.05) is 0 Å². The highest BCUT2D eigenvalue weighted by Crippen LogP contribution is 2.26. The molecule has 1 aliphatic heterocycles. The first-order chi connectivity index (χ1) is 8.92. The molecule has 108 valence electrons. The number of piperidine rings is 1. The Kier molecular flexibility index (Phi) is 4.62. The third kappa shape index (κ3) is 3.55. The van der Waals surface area contributed by atoms with Gasteiger partial charge >= 0.3 is 0 Å². The molecule has 0 radical (unpaired) electrons. The van der Waals surface area contributed by atoms with Crippen molar-refractivity contribution < 1.29 is 13.5 Å². The maximum Gasteiger partial charge on any atom is 0.241 e. The summed E-state index contributed by atoms with van der Waals surface area (Å²) in [6.45, 7) is 3.48. The van der Waals surface area contributed by atoms with Gasteiger partial charge in [-0.25, -0.2) is 13.1 Å². The van der Waals surface area contributed by atoms with Crippen LogP contribution in [0.4, 0.5) is 0 Å². The summed E-state index contributed by atoms with van der Waals surface area (Å²) in [5.41, 5.74) is 0. The highest BCUT2D eigenvalue weighted by molar-refractivity contribution is 7.89. The Morgan fingerprint density at radius 2 is 2.11 bits per heavy atom. The van der Waals surface area contributed by atoms with Crippen molar-refractivity contribution in [3.63, 3.8) is 0 Å². The number of hydrogen-bond acceptors (Lipinski definition) is 5. The van der Waals surface area contributed by atoms with E-state index in [1.165, 1.54) is 11.3 Å². The lowest BCUT2D eigenvalue weighted by Gasteiger charge is -2.29. The quantitative estimate of drug-likeness (QED) is 0.868. The van der Waals surface area contributed by atoms with Crippen LogP contribution in [0.25, 0.3) is 0 Å². The first-order valence-electron chi connectivity index (χ1n) is 6.33. The molecule has 0 unspecified atom stereocenters. The van der Waals surface area contributed by atoms with Gasteiger partial charge in [0.1, 0.15) is 0 Å². The van der Waals surface area contributed by atoms with Crippen LogP contribution in [0.15, 0.2) is 11.0 Å². The van der Waals surface area contributed by atoms with E-state index in [-0.39, 0.29) is 12.6 Å². The second-order valence-electron chi connectivity index (χ2n) is 4.99. The summed E-state index contributed by atoms with van der Waals surface area (Å²) >= 11 is 1.33. The van der Waals surface area contributed by atoms with Gasteiger partial charge in [-0.15, -0.1) is 11.3 Å². The van der Waals surface area contributed by atoms with Crippen LogP contribution in [0.1, 0.15) is 22.6 Å². The Morgan fingerprint density at radius 3 is 2.63 bits per heavy atom. The fourth-order valence-corrected chi connectivity index (χ4v) is 5.08. The lowest BCUT2D eigenvalue weighted by Crippen LogP contribution is -2.43. The van der Waals surface area contributed by atoms with Gasteiger partial charge in [-0.05, 0) is 46.0 Å². The van der Waals surface area contributed by atoms with Crippen LogP contribution in [0, 0.1) is 6.92 Å². The monoisotopic (exact) mass is 304 g/mol. The number of rotatable bonds is 4. The zero-order chi connectivity index (χ0) is 14.0. The van der Waals surface area contributed by atoms with E-state index in [0.717, 1.165) is 30.8 Å². The molecular weight excluding hydrogens is 284 g/mol. The van der Waals surface area contributed by atoms with Crippen molar-refractivity contribution in [3.8, 4) is 0 Å². The van der Waals surface area contributed by atoms with Crippen molar-refractivity contribution >= 4 is 21.4 Å². The first kappa shape index (κ1) is 14.9. The maximum absolute atomic E-state index is 12.3. The summed E-state index contributed by atoms with van der Waals surface area (Å²) < 4.78 is 27.4. The number of aryl methyl sites for hydroxylation is 1. The number of aliphatic hydroxyl groups is 1. The van der Waals surface area contributed by atoms with E-state index in [9.17, 15) is 8.42 Å². The average Bonchev–Trinajstić information content (AvgIpc) is 2.74. The predicted molar refractivity (Wildman–Crippen MR) is 75.8 cm³/mol. The molecule has 19 heavy (non-hydrogen) atoms. The van der Waals surface area contributed by atoms with Crippen molar-refractivity contribution in [3.05, 3.63) is 15.8 Å². The van der Waals surface area contributed by atoms with Gasteiger partial charge in [0.2, 0.25) is 10.0 Å². The van der Waals surface area contributed by atoms with Crippen LogP contribution in [-0.4, -0.2) is 44.6 Å². The lowest BCUT2D eigenvalue weighted by atomic mass is 10.1. The van der Waals surface area contributed by atoms with Gasteiger partial charge in [-0.2, -0.15) is 0 Å². The molecule has 1 fully saturated rings. The minimum absolute atomic E-state index is 0.0121. The van der Waals surface area contributed by atoms with Gasteiger partial charge in [0.15, 0.2) is 0 Å². The molecule has 0 saturated carbocycles. The Balaban J connectivity index is 2.11. The predicted octanol–water partition coefficient (Wildman–Crippen LogP) is 0.921. The molecule has 1 aromatic heterocycles.